The van der Waals surface area contributed by atoms with Crippen LogP contribution in [-0.2, 0) is 10.3 Å². The maximum atomic E-state index is 11.6. The number of methoxy groups -OCH3 is 1. The van der Waals surface area contributed by atoms with Crippen LogP contribution >= 0.6 is 0 Å². The number of carbonyl (C=O) groups is 1. The van der Waals surface area contributed by atoms with Crippen LogP contribution in [0.5, 0.6) is 5.75 Å². The van der Waals surface area contributed by atoms with E-state index >= 15 is 0 Å². The first kappa shape index (κ1) is 13.5. The van der Waals surface area contributed by atoms with E-state index in [1.165, 1.54) is 0 Å². The van der Waals surface area contributed by atoms with Crippen molar-refractivity contribution in [3.63, 3.8) is 0 Å². The molecule has 0 aliphatic rings. The van der Waals surface area contributed by atoms with Gasteiger partial charge in [-0.1, -0.05) is 12.1 Å². The highest BCUT2D eigenvalue weighted by molar-refractivity contribution is 5.85. The molecule has 1 rings (SSSR count). The number of hydrogen-bond donors (Lipinski definition) is 2. The summed E-state index contributed by atoms with van der Waals surface area (Å²) < 4.78 is 5.09. The van der Waals surface area contributed by atoms with Crippen LogP contribution in [0.15, 0.2) is 24.3 Å². The first-order valence-corrected chi connectivity index (χ1v) is 5.62. The van der Waals surface area contributed by atoms with Crippen LogP contribution in [0.2, 0.25) is 0 Å². The lowest BCUT2D eigenvalue weighted by atomic mass is 9.90. The molecular weight excluding hydrogens is 216 g/mol. The van der Waals surface area contributed by atoms with Gasteiger partial charge < -0.3 is 10.5 Å². The van der Waals surface area contributed by atoms with Crippen LogP contribution in [0.25, 0.3) is 0 Å². The zero-order valence-electron chi connectivity index (χ0n) is 10.8. The second-order valence-corrected chi connectivity index (χ2v) is 4.52. The van der Waals surface area contributed by atoms with Crippen molar-refractivity contribution in [2.75, 3.05) is 7.11 Å². The standard InChI is InChI=1S/C13H20N2O2/c1-9(2)15-13(3,12(14)16)10-5-7-11(17-4)8-6-10/h5-9,15H,1-4H3,(H2,14,16). The molecule has 0 spiro atoms. The summed E-state index contributed by atoms with van der Waals surface area (Å²) in [5.74, 6) is 0.362. The monoisotopic (exact) mass is 236 g/mol. The number of ether oxygens (including phenoxy) is 1. The first-order chi connectivity index (χ1) is 7.90. The Hall–Kier alpha value is -1.55. The molecule has 4 heteroatoms. The maximum absolute atomic E-state index is 11.6. The van der Waals surface area contributed by atoms with Crippen LogP contribution in [-0.4, -0.2) is 19.1 Å². The van der Waals surface area contributed by atoms with E-state index in [1.54, 1.807) is 14.0 Å². The fourth-order valence-corrected chi connectivity index (χ4v) is 1.80. The number of carbonyl (C=O) groups excluding carboxylic acids is 1. The summed E-state index contributed by atoms with van der Waals surface area (Å²) in [6.45, 7) is 5.74. The normalized spacial score (nSPS) is 14.4. The van der Waals surface area contributed by atoms with Crippen LogP contribution < -0.4 is 15.8 Å². The smallest absolute Gasteiger partial charge is 0.242 e. The first-order valence-electron chi connectivity index (χ1n) is 5.62. The van der Waals surface area contributed by atoms with Crippen molar-refractivity contribution < 1.29 is 9.53 Å². The van der Waals surface area contributed by atoms with E-state index in [0.29, 0.717) is 0 Å². The molecule has 4 nitrogen and oxygen atoms in total. The van der Waals surface area contributed by atoms with Crippen LogP contribution in [0, 0.1) is 0 Å². The van der Waals surface area contributed by atoms with Crippen molar-refractivity contribution in [1.82, 2.24) is 5.32 Å². The molecule has 0 aliphatic heterocycles. The molecule has 1 aromatic rings. The highest BCUT2D eigenvalue weighted by Crippen LogP contribution is 2.23. The Morgan fingerprint density at radius 1 is 1.35 bits per heavy atom. The van der Waals surface area contributed by atoms with E-state index in [-0.39, 0.29) is 6.04 Å². The van der Waals surface area contributed by atoms with Crippen LogP contribution in [0.3, 0.4) is 0 Å². The van der Waals surface area contributed by atoms with Gasteiger partial charge in [0.25, 0.3) is 0 Å². The van der Waals surface area contributed by atoms with Gasteiger partial charge in [-0.15, -0.1) is 0 Å². The second-order valence-electron chi connectivity index (χ2n) is 4.52. The molecule has 0 aromatic heterocycles. The zero-order valence-corrected chi connectivity index (χ0v) is 10.8. The number of benzene rings is 1. The summed E-state index contributed by atoms with van der Waals surface area (Å²) in [5.41, 5.74) is 5.46. The third kappa shape index (κ3) is 2.97. The molecule has 0 fully saturated rings. The Labute approximate surface area is 102 Å². The highest BCUT2D eigenvalue weighted by Gasteiger charge is 2.33. The Morgan fingerprint density at radius 2 is 1.88 bits per heavy atom. The SMILES string of the molecule is COc1ccc(C(C)(NC(C)C)C(N)=O)cc1. The summed E-state index contributed by atoms with van der Waals surface area (Å²) in [6, 6.07) is 7.49. The fourth-order valence-electron chi connectivity index (χ4n) is 1.80. The van der Waals surface area contributed by atoms with Crippen molar-refractivity contribution in [1.29, 1.82) is 0 Å². The van der Waals surface area contributed by atoms with Crippen molar-refractivity contribution in [3.8, 4) is 5.75 Å². The van der Waals surface area contributed by atoms with Gasteiger partial charge >= 0.3 is 0 Å². The van der Waals surface area contributed by atoms with Crippen LogP contribution in [0.4, 0.5) is 0 Å². The average Bonchev–Trinajstić information content (AvgIpc) is 2.28. The summed E-state index contributed by atoms with van der Waals surface area (Å²) in [5, 5.41) is 3.19. The van der Waals surface area contributed by atoms with Gasteiger partial charge in [0.2, 0.25) is 5.91 Å². The van der Waals surface area contributed by atoms with E-state index in [4.69, 9.17) is 10.5 Å². The van der Waals surface area contributed by atoms with Crippen molar-refractivity contribution in [2.45, 2.75) is 32.4 Å². The summed E-state index contributed by atoms with van der Waals surface area (Å²) >= 11 is 0. The topological polar surface area (TPSA) is 64.3 Å². The second kappa shape index (κ2) is 5.19. The molecule has 0 heterocycles. The predicted molar refractivity (Wildman–Crippen MR) is 67.8 cm³/mol. The van der Waals surface area contributed by atoms with E-state index < -0.39 is 11.4 Å². The average molecular weight is 236 g/mol. The number of amides is 1. The molecule has 0 saturated heterocycles. The van der Waals surface area contributed by atoms with E-state index in [9.17, 15) is 4.79 Å². The number of rotatable bonds is 5. The fraction of sp³-hybridized carbons (Fsp3) is 0.462. The zero-order chi connectivity index (χ0) is 13.1. The molecule has 1 amide bonds. The molecule has 1 aromatic carbocycles. The van der Waals surface area contributed by atoms with Gasteiger partial charge in [0.1, 0.15) is 11.3 Å². The summed E-state index contributed by atoms with van der Waals surface area (Å²) in [7, 11) is 1.61. The van der Waals surface area contributed by atoms with Gasteiger partial charge in [0, 0.05) is 6.04 Å². The minimum atomic E-state index is -0.861. The summed E-state index contributed by atoms with van der Waals surface area (Å²) in [6.07, 6.45) is 0. The van der Waals surface area contributed by atoms with Crippen molar-refractivity contribution in [2.24, 2.45) is 5.73 Å². The summed E-state index contributed by atoms with van der Waals surface area (Å²) in [4.78, 5) is 11.6. The lowest BCUT2D eigenvalue weighted by Gasteiger charge is -2.30. The van der Waals surface area contributed by atoms with E-state index in [1.807, 2.05) is 38.1 Å². The van der Waals surface area contributed by atoms with E-state index in [0.717, 1.165) is 11.3 Å². The van der Waals surface area contributed by atoms with Gasteiger partial charge in [-0.3, -0.25) is 10.1 Å². The molecule has 94 valence electrons. The minimum Gasteiger partial charge on any atom is -0.497 e. The quantitative estimate of drug-likeness (QED) is 0.812. The van der Waals surface area contributed by atoms with Gasteiger partial charge in [0.05, 0.1) is 7.11 Å². The lowest BCUT2D eigenvalue weighted by molar-refractivity contribution is -0.124. The Morgan fingerprint density at radius 3 is 2.24 bits per heavy atom. The van der Waals surface area contributed by atoms with Gasteiger partial charge in [0.15, 0.2) is 0 Å². The number of nitrogens with two attached hydrogens (primary N) is 1. The molecule has 0 bridgehead atoms. The molecule has 0 aliphatic carbocycles. The van der Waals surface area contributed by atoms with Gasteiger partial charge in [-0.25, -0.2) is 0 Å². The Kier molecular flexibility index (Phi) is 4.12. The number of hydrogen-bond acceptors (Lipinski definition) is 3. The van der Waals surface area contributed by atoms with Crippen molar-refractivity contribution >= 4 is 5.91 Å². The molecule has 1 unspecified atom stereocenters. The maximum Gasteiger partial charge on any atom is 0.242 e. The molecule has 0 radical (unpaired) electrons. The van der Waals surface area contributed by atoms with Gasteiger partial charge in [-0.05, 0) is 38.5 Å². The largest absolute Gasteiger partial charge is 0.497 e. The third-order valence-electron chi connectivity index (χ3n) is 2.74. The number of primary amides is 1. The molecule has 0 saturated carbocycles. The van der Waals surface area contributed by atoms with Crippen LogP contribution in [0.1, 0.15) is 26.3 Å². The molecule has 3 N–H and O–H groups in total. The van der Waals surface area contributed by atoms with Gasteiger partial charge in [-0.2, -0.15) is 0 Å². The molecule has 1 atom stereocenters. The van der Waals surface area contributed by atoms with E-state index in [2.05, 4.69) is 5.32 Å². The third-order valence-corrected chi connectivity index (χ3v) is 2.74. The Bertz CT molecular complexity index is 387. The molecular formula is C13H20N2O2. The number of nitrogens with one attached hydrogen (secondary N) is 1. The van der Waals surface area contributed by atoms with Crippen molar-refractivity contribution in [3.05, 3.63) is 29.8 Å². The Balaban J connectivity index is 3.09. The molecule has 17 heavy (non-hydrogen) atoms. The predicted octanol–water partition coefficient (Wildman–Crippen LogP) is 1.39. The highest BCUT2D eigenvalue weighted by atomic mass is 16.5. The lowest BCUT2D eigenvalue weighted by Crippen LogP contribution is -2.52. The minimum absolute atomic E-state index is 0.162.